The first kappa shape index (κ1) is 17.8. The molecule has 25 heavy (non-hydrogen) atoms. The number of carbonyl (C=O) groups excluding carboxylic acids is 1. The Bertz CT molecular complexity index is 882. The third-order valence-corrected chi connectivity index (χ3v) is 4.63. The normalized spacial score (nSPS) is 10.8. The number of anilines is 1. The van der Waals surface area contributed by atoms with Gasteiger partial charge in [-0.25, -0.2) is 4.98 Å². The highest BCUT2D eigenvalue weighted by Gasteiger charge is 2.16. The average Bonchev–Trinajstić information content (AvgIpc) is 3.24. The molecule has 0 aliphatic rings. The van der Waals surface area contributed by atoms with E-state index in [9.17, 15) is 4.79 Å². The van der Waals surface area contributed by atoms with Crippen LogP contribution in [-0.2, 0) is 11.3 Å². The predicted octanol–water partition coefficient (Wildman–Crippen LogP) is 3.99. The van der Waals surface area contributed by atoms with Crippen molar-refractivity contribution in [2.45, 2.75) is 18.6 Å². The molecular weight excluding hydrogens is 385 g/mol. The number of hydrogen-bond acceptors (Lipinski definition) is 6. The second-order valence-corrected chi connectivity index (χ2v) is 6.63. The van der Waals surface area contributed by atoms with Crippen molar-refractivity contribution in [3.63, 3.8) is 0 Å². The quantitative estimate of drug-likeness (QED) is 0.632. The number of furan rings is 1. The first-order chi connectivity index (χ1) is 12.1. The number of rotatable bonds is 6. The highest BCUT2D eigenvalue weighted by atomic mass is 35.5. The minimum Gasteiger partial charge on any atom is -0.461 e. The summed E-state index contributed by atoms with van der Waals surface area (Å²) >= 11 is 13.0. The summed E-state index contributed by atoms with van der Waals surface area (Å²) in [6, 6.07) is 5.11. The number of thioether (sulfide) groups is 1. The first-order valence-corrected chi connectivity index (χ1v) is 9.03. The molecule has 3 aromatic heterocycles. The van der Waals surface area contributed by atoms with Crippen molar-refractivity contribution in [3.05, 3.63) is 40.7 Å². The molecule has 0 radical (unpaired) electrons. The van der Waals surface area contributed by atoms with Gasteiger partial charge in [-0.2, -0.15) is 0 Å². The summed E-state index contributed by atoms with van der Waals surface area (Å²) in [4.78, 5) is 16.1. The maximum atomic E-state index is 12.1. The summed E-state index contributed by atoms with van der Waals surface area (Å²) in [5, 5.41) is 12.2. The standard InChI is InChI=1S/C15H13Cl2N5O2S/c1-2-22-14(11-4-3-5-24-11)20-21-15(22)25-8-12(23)19-13-10(17)6-9(16)7-18-13/h3-7H,2,8H2,1H3,(H,18,19,23). The van der Waals surface area contributed by atoms with Crippen molar-refractivity contribution >= 4 is 46.7 Å². The van der Waals surface area contributed by atoms with Gasteiger partial charge in [0.25, 0.3) is 0 Å². The molecule has 0 bridgehead atoms. The molecule has 0 aliphatic heterocycles. The number of hydrogen-bond donors (Lipinski definition) is 1. The third-order valence-electron chi connectivity index (χ3n) is 3.17. The Morgan fingerprint density at radius 1 is 1.40 bits per heavy atom. The first-order valence-electron chi connectivity index (χ1n) is 7.29. The van der Waals surface area contributed by atoms with Crippen molar-refractivity contribution in [2.24, 2.45) is 0 Å². The molecule has 0 spiro atoms. The maximum absolute atomic E-state index is 12.1. The lowest BCUT2D eigenvalue weighted by molar-refractivity contribution is -0.113. The Morgan fingerprint density at radius 3 is 2.92 bits per heavy atom. The fraction of sp³-hybridized carbons (Fsp3) is 0.200. The summed E-state index contributed by atoms with van der Waals surface area (Å²) in [6.45, 7) is 2.62. The van der Waals surface area contributed by atoms with E-state index in [1.807, 2.05) is 17.6 Å². The van der Waals surface area contributed by atoms with Crippen LogP contribution in [-0.4, -0.2) is 31.4 Å². The van der Waals surface area contributed by atoms with Crippen LogP contribution in [0.5, 0.6) is 0 Å². The average molecular weight is 398 g/mol. The van der Waals surface area contributed by atoms with Gasteiger partial charge in [-0.1, -0.05) is 35.0 Å². The zero-order chi connectivity index (χ0) is 17.8. The monoisotopic (exact) mass is 397 g/mol. The predicted molar refractivity (Wildman–Crippen MR) is 97.0 cm³/mol. The number of pyridine rings is 1. The summed E-state index contributed by atoms with van der Waals surface area (Å²) in [7, 11) is 0. The highest BCUT2D eigenvalue weighted by molar-refractivity contribution is 7.99. The summed E-state index contributed by atoms with van der Waals surface area (Å²) in [5.41, 5.74) is 0. The number of amides is 1. The smallest absolute Gasteiger partial charge is 0.236 e. The van der Waals surface area contributed by atoms with Crippen LogP contribution in [0, 0.1) is 0 Å². The Morgan fingerprint density at radius 2 is 2.24 bits per heavy atom. The zero-order valence-electron chi connectivity index (χ0n) is 13.1. The molecule has 0 aliphatic carbocycles. The van der Waals surface area contributed by atoms with Gasteiger partial charge in [0, 0.05) is 12.7 Å². The van der Waals surface area contributed by atoms with Crippen LogP contribution in [0.2, 0.25) is 10.0 Å². The molecule has 0 unspecified atom stereocenters. The molecule has 1 N–H and O–H groups in total. The highest BCUT2D eigenvalue weighted by Crippen LogP contribution is 2.25. The minimum atomic E-state index is -0.257. The molecular formula is C15H13Cl2N5O2S. The van der Waals surface area contributed by atoms with Gasteiger partial charge in [0.15, 0.2) is 22.6 Å². The Labute approximate surface area is 157 Å². The van der Waals surface area contributed by atoms with Crippen LogP contribution >= 0.6 is 35.0 Å². The van der Waals surface area contributed by atoms with Crippen LogP contribution in [0.1, 0.15) is 6.92 Å². The van der Waals surface area contributed by atoms with E-state index in [0.717, 1.165) is 0 Å². The zero-order valence-corrected chi connectivity index (χ0v) is 15.4. The lowest BCUT2D eigenvalue weighted by atomic mass is 10.4. The fourth-order valence-corrected chi connectivity index (χ4v) is 3.30. The van der Waals surface area contributed by atoms with Crippen molar-refractivity contribution < 1.29 is 9.21 Å². The van der Waals surface area contributed by atoms with Gasteiger partial charge in [0.2, 0.25) is 5.91 Å². The van der Waals surface area contributed by atoms with Gasteiger partial charge in [-0.15, -0.1) is 10.2 Å². The lowest BCUT2D eigenvalue weighted by Gasteiger charge is -2.07. The molecule has 0 atom stereocenters. The molecule has 0 saturated carbocycles. The van der Waals surface area contributed by atoms with E-state index in [2.05, 4.69) is 20.5 Å². The topological polar surface area (TPSA) is 85.8 Å². The van der Waals surface area contributed by atoms with Gasteiger partial charge in [-0.3, -0.25) is 9.36 Å². The number of nitrogens with one attached hydrogen (secondary N) is 1. The lowest BCUT2D eigenvalue weighted by Crippen LogP contribution is -2.16. The second-order valence-electron chi connectivity index (χ2n) is 4.85. The SMILES string of the molecule is CCn1c(SCC(=O)Nc2ncc(Cl)cc2Cl)nnc1-c1ccco1. The van der Waals surface area contributed by atoms with E-state index in [1.54, 1.807) is 12.3 Å². The van der Waals surface area contributed by atoms with Gasteiger partial charge in [0.05, 0.1) is 22.1 Å². The van der Waals surface area contributed by atoms with Gasteiger partial charge in [-0.05, 0) is 25.1 Å². The summed E-state index contributed by atoms with van der Waals surface area (Å²) in [5.74, 6) is 1.40. The minimum absolute atomic E-state index is 0.136. The van der Waals surface area contributed by atoms with Crippen LogP contribution in [0.15, 0.2) is 40.2 Å². The maximum Gasteiger partial charge on any atom is 0.236 e. The molecule has 3 aromatic rings. The number of nitrogens with zero attached hydrogens (tertiary/aromatic N) is 4. The molecule has 130 valence electrons. The molecule has 3 rings (SSSR count). The van der Waals surface area contributed by atoms with Crippen LogP contribution in [0.25, 0.3) is 11.6 Å². The Hall–Kier alpha value is -2.03. The molecule has 1 amide bonds. The molecule has 10 heteroatoms. The van der Waals surface area contributed by atoms with E-state index < -0.39 is 0 Å². The van der Waals surface area contributed by atoms with Crippen molar-refractivity contribution in [3.8, 4) is 11.6 Å². The van der Waals surface area contributed by atoms with Crippen LogP contribution in [0.3, 0.4) is 0 Å². The van der Waals surface area contributed by atoms with Crippen LogP contribution in [0.4, 0.5) is 5.82 Å². The van der Waals surface area contributed by atoms with Gasteiger partial charge < -0.3 is 9.73 Å². The van der Waals surface area contributed by atoms with E-state index in [0.29, 0.717) is 28.3 Å². The number of halogens is 2. The molecule has 0 aromatic carbocycles. The number of aromatic nitrogens is 4. The second kappa shape index (κ2) is 7.90. The van der Waals surface area contributed by atoms with Crippen molar-refractivity contribution in [1.29, 1.82) is 0 Å². The largest absolute Gasteiger partial charge is 0.461 e. The Balaban J connectivity index is 1.66. The molecule has 0 fully saturated rings. The van der Waals surface area contributed by atoms with E-state index in [1.165, 1.54) is 24.0 Å². The molecule has 7 nitrogen and oxygen atoms in total. The van der Waals surface area contributed by atoms with Gasteiger partial charge in [0.1, 0.15) is 0 Å². The third kappa shape index (κ3) is 4.15. The number of carbonyl (C=O) groups is 1. The van der Waals surface area contributed by atoms with E-state index >= 15 is 0 Å². The van der Waals surface area contributed by atoms with Crippen molar-refractivity contribution in [2.75, 3.05) is 11.1 Å². The summed E-state index contributed by atoms with van der Waals surface area (Å²) in [6.07, 6.45) is 2.99. The van der Waals surface area contributed by atoms with E-state index in [4.69, 9.17) is 27.6 Å². The van der Waals surface area contributed by atoms with Gasteiger partial charge >= 0.3 is 0 Å². The molecule has 3 heterocycles. The molecule has 0 saturated heterocycles. The summed E-state index contributed by atoms with van der Waals surface area (Å²) < 4.78 is 7.24. The fourth-order valence-electron chi connectivity index (χ4n) is 2.07. The van der Waals surface area contributed by atoms with Crippen molar-refractivity contribution in [1.82, 2.24) is 19.7 Å². The Kier molecular flexibility index (Phi) is 5.62. The van der Waals surface area contributed by atoms with Crippen LogP contribution < -0.4 is 5.32 Å². The van der Waals surface area contributed by atoms with E-state index in [-0.39, 0.29) is 22.5 Å².